The van der Waals surface area contributed by atoms with Crippen LogP contribution in [0.5, 0.6) is 0 Å². The number of aliphatic carboxylic acids is 1. The summed E-state index contributed by atoms with van der Waals surface area (Å²) in [7, 11) is 0. The van der Waals surface area contributed by atoms with Gasteiger partial charge in [0.1, 0.15) is 42.3 Å². The van der Waals surface area contributed by atoms with Crippen LogP contribution in [0.1, 0.15) is 104 Å². The minimum atomic E-state index is -1.38. The molecule has 1 saturated heterocycles. The van der Waals surface area contributed by atoms with Gasteiger partial charge in [-0.15, -0.1) is 0 Å². The van der Waals surface area contributed by atoms with E-state index in [-0.39, 0.29) is 44.6 Å². The Morgan fingerprint density at radius 2 is 1.34 bits per heavy atom. The first kappa shape index (κ1) is 57.8. The molecule has 0 aromatic carbocycles. The van der Waals surface area contributed by atoms with Crippen molar-refractivity contribution < 1.29 is 48.3 Å². The summed E-state index contributed by atoms with van der Waals surface area (Å²) in [6.45, 7) is 7.82. The largest absolute Gasteiger partial charge is 0.480 e. The van der Waals surface area contributed by atoms with Crippen LogP contribution in [0.25, 0.3) is 0 Å². The Balaban J connectivity index is 2.33. The van der Waals surface area contributed by atoms with Crippen molar-refractivity contribution in [1.29, 1.82) is 0 Å². The normalized spacial score (nSPS) is 16.7. The van der Waals surface area contributed by atoms with Gasteiger partial charge in [-0.25, -0.2) is 9.78 Å². The lowest BCUT2D eigenvalue weighted by Crippen LogP contribution is -2.61. The number of carboxylic acids is 1. The fraction of sp³-hybridized carbons (Fsp3) is 0.721. The maximum Gasteiger partial charge on any atom is 0.326 e. The molecular weight excluding hydrogens is 891 g/mol. The molecule has 0 spiro atoms. The van der Waals surface area contributed by atoms with Gasteiger partial charge in [-0.05, 0) is 101 Å². The average molecular weight is 966 g/mol. The zero-order chi connectivity index (χ0) is 50.2. The molecule has 378 valence electrons. The van der Waals surface area contributed by atoms with E-state index in [0.717, 1.165) is 0 Å². The highest BCUT2D eigenvalue weighted by Gasteiger charge is 2.40. The number of aromatic nitrogens is 2. The van der Waals surface area contributed by atoms with Crippen molar-refractivity contribution in [3.8, 4) is 0 Å². The standard InChI is InChI=1S/C43H75N13O10S/c1-24(2)19-27(46)36(58)54-32(21-34(47)57)42(64)56-17-10-13-33(56)40(62)50-29(12-7-9-16-45)38(60)55-35(25(3)4)41(63)51-28(11-6-8-15-44)37(59)53-31(20-26-22-48-23-49-26)39(61)52-30(43(65)66)14-18-67-5/h22-25,27-33,35H,6-21,44-46H2,1-5H3,(H2,47,57)(H,48,49)(H,50,62)(H,51,63)(H,52,61)(H,53,59)(H,54,58)(H,55,60)(H,65,66)/t27-,28-,29-,30-,31-,32-,33-,35-/m0/s1. The molecule has 0 saturated carbocycles. The van der Waals surface area contributed by atoms with Gasteiger partial charge in [0.15, 0.2) is 0 Å². The minimum absolute atomic E-state index is 0.0722. The molecule has 0 radical (unpaired) electrons. The van der Waals surface area contributed by atoms with Crippen LogP contribution in [0.2, 0.25) is 0 Å². The second-order valence-electron chi connectivity index (χ2n) is 17.6. The van der Waals surface area contributed by atoms with Gasteiger partial charge in [0.25, 0.3) is 0 Å². The molecule has 1 aromatic heterocycles. The molecular formula is C43H75N13O10S. The summed E-state index contributed by atoms with van der Waals surface area (Å²) in [6, 6.07) is -9.56. The highest BCUT2D eigenvalue weighted by molar-refractivity contribution is 7.98. The van der Waals surface area contributed by atoms with Gasteiger partial charge in [-0.1, -0.05) is 27.7 Å². The van der Waals surface area contributed by atoms with Crippen LogP contribution in [-0.2, 0) is 49.6 Å². The van der Waals surface area contributed by atoms with Crippen LogP contribution in [0.3, 0.4) is 0 Å². The number of hydrogen-bond acceptors (Lipinski definition) is 14. The van der Waals surface area contributed by atoms with E-state index in [1.807, 2.05) is 13.8 Å². The fourth-order valence-electron chi connectivity index (χ4n) is 7.50. The van der Waals surface area contributed by atoms with Crippen molar-refractivity contribution in [2.24, 2.45) is 34.8 Å². The van der Waals surface area contributed by atoms with Crippen LogP contribution in [0, 0.1) is 11.8 Å². The van der Waals surface area contributed by atoms with Crippen molar-refractivity contribution in [2.45, 2.75) is 153 Å². The number of hydrogen-bond donors (Lipinski definition) is 12. The third-order valence-electron chi connectivity index (χ3n) is 11.2. The lowest BCUT2D eigenvalue weighted by molar-refractivity contribution is -0.143. The third-order valence-corrected chi connectivity index (χ3v) is 11.8. The quantitative estimate of drug-likeness (QED) is 0.0343. The van der Waals surface area contributed by atoms with Gasteiger partial charge in [0.05, 0.1) is 18.8 Å². The zero-order valence-electron chi connectivity index (χ0n) is 39.5. The maximum atomic E-state index is 14.1. The third kappa shape index (κ3) is 20.2. The number of thioether (sulfide) groups is 1. The summed E-state index contributed by atoms with van der Waals surface area (Å²) in [5.41, 5.74) is 23.4. The van der Waals surface area contributed by atoms with E-state index in [2.05, 4.69) is 41.9 Å². The number of imidazole rings is 1. The predicted octanol–water partition coefficient (Wildman–Crippen LogP) is -2.15. The van der Waals surface area contributed by atoms with Crippen LogP contribution in [0.4, 0.5) is 0 Å². The smallest absolute Gasteiger partial charge is 0.326 e. The molecule has 23 nitrogen and oxygen atoms in total. The number of nitrogens with zero attached hydrogens (tertiary/aromatic N) is 2. The Morgan fingerprint density at radius 1 is 0.776 bits per heavy atom. The number of carboxylic acid groups (broad SMARTS) is 1. The molecule has 67 heavy (non-hydrogen) atoms. The molecule has 0 unspecified atom stereocenters. The highest BCUT2D eigenvalue weighted by Crippen LogP contribution is 2.21. The number of H-pyrrole nitrogens is 1. The number of aromatic amines is 1. The molecule has 2 rings (SSSR count). The number of rotatable bonds is 32. The molecule has 2 heterocycles. The lowest BCUT2D eigenvalue weighted by Gasteiger charge is -2.31. The molecule has 16 N–H and O–H groups in total. The monoisotopic (exact) mass is 966 g/mol. The number of nitrogens with one attached hydrogen (secondary N) is 7. The van der Waals surface area contributed by atoms with Gasteiger partial charge in [0, 0.05) is 24.9 Å². The number of carbonyl (C=O) groups excluding carboxylic acids is 8. The molecule has 1 aliphatic heterocycles. The predicted molar refractivity (Wildman–Crippen MR) is 251 cm³/mol. The van der Waals surface area contributed by atoms with E-state index >= 15 is 0 Å². The minimum Gasteiger partial charge on any atom is -0.480 e. The zero-order valence-corrected chi connectivity index (χ0v) is 40.3. The Morgan fingerprint density at radius 3 is 1.88 bits per heavy atom. The Kier molecular flexibility index (Phi) is 26.0. The first-order chi connectivity index (χ1) is 31.7. The molecule has 24 heteroatoms. The highest BCUT2D eigenvalue weighted by atomic mass is 32.2. The lowest BCUT2D eigenvalue weighted by atomic mass is 10.00. The topological polar surface area (TPSA) is 382 Å². The molecule has 8 atom stereocenters. The maximum absolute atomic E-state index is 14.1. The van der Waals surface area contributed by atoms with Crippen molar-refractivity contribution in [1.82, 2.24) is 46.8 Å². The van der Waals surface area contributed by atoms with E-state index in [9.17, 15) is 48.3 Å². The Hall–Kier alpha value is -5.33. The van der Waals surface area contributed by atoms with Crippen LogP contribution in [-0.4, -0.2) is 153 Å². The van der Waals surface area contributed by atoms with Gasteiger partial charge >= 0.3 is 5.97 Å². The van der Waals surface area contributed by atoms with Crippen LogP contribution in [0.15, 0.2) is 12.5 Å². The number of carbonyl (C=O) groups is 9. The number of primary amides is 1. The molecule has 0 aliphatic carbocycles. The number of likely N-dealkylation sites (tertiary alicyclic amines) is 1. The van der Waals surface area contributed by atoms with Crippen LogP contribution >= 0.6 is 11.8 Å². The summed E-state index contributed by atoms with van der Waals surface area (Å²) in [4.78, 5) is 129. The van der Waals surface area contributed by atoms with Crippen molar-refractivity contribution in [2.75, 3.05) is 31.6 Å². The van der Waals surface area contributed by atoms with Gasteiger partial charge < -0.3 is 69.8 Å². The van der Waals surface area contributed by atoms with E-state index < -0.39 is 114 Å². The molecule has 1 aliphatic rings. The van der Waals surface area contributed by atoms with E-state index in [1.54, 1.807) is 20.1 Å². The SMILES string of the molecule is CSCC[C@H](NC(=O)[C@H](Cc1cnc[nH]1)NC(=O)[C@H](CCCCN)NC(=O)[C@@H](NC(=O)[C@H](CCCCN)NC(=O)[C@@H]1CCCN1C(=O)[C@H](CC(N)=O)NC(=O)[C@@H](N)CC(C)C)C(C)C)C(=O)O. The second-order valence-corrected chi connectivity index (χ2v) is 18.6. The molecule has 0 bridgehead atoms. The summed E-state index contributed by atoms with van der Waals surface area (Å²) in [6.07, 6.45) is 7.13. The van der Waals surface area contributed by atoms with Gasteiger partial charge in [-0.3, -0.25) is 38.4 Å². The van der Waals surface area contributed by atoms with Crippen molar-refractivity contribution >= 4 is 65.0 Å². The summed E-state index contributed by atoms with van der Waals surface area (Å²) in [5.74, 6) is -7.10. The summed E-state index contributed by atoms with van der Waals surface area (Å²) < 4.78 is 0. The summed E-state index contributed by atoms with van der Waals surface area (Å²) in [5, 5.41) is 25.7. The van der Waals surface area contributed by atoms with Crippen LogP contribution < -0.4 is 54.8 Å². The van der Waals surface area contributed by atoms with Crippen molar-refractivity contribution in [3.05, 3.63) is 18.2 Å². The first-order valence-electron chi connectivity index (χ1n) is 23.0. The second kappa shape index (κ2) is 30.1. The first-order valence-corrected chi connectivity index (χ1v) is 24.4. The summed E-state index contributed by atoms with van der Waals surface area (Å²) >= 11 is 1.41. The van der Waals surface area contributed by atoms with Gasteiger partial charge in [0.2, 0.25) is 47.3 Å². The number of unbranched alkanes of at least 4 members (excludes halogenated alkanes) is 2. The molecule has 1 fully saturated rings. The Bertz CT molecular complexity index is 1790. The molecule has 1 aromatic rings. The molecule has 8 amide bonds. The van der Waals surface area contributed by atoms with E-state index in [0.29, 0.717) is 63.1 Å². The van der Waals surface area contributed by atoms with Gasteiger partial charge in [-0.2, -0.15) is 11.8 Å². The van der Waals surface area contributed by atoms with E-state index in [1.165, 1.54) is 29.2 Å². The fourth-order valence-corrected chi connectivity index (χ4v) is 7.97. The number of amides is 8. The Labute approximate surface area is 396 Å². The van der Waals surface area contributed by atoms with Crippen molar-refractivity contribution in [3.63, 3.8) is 0 Å². The van der Waals surface area contributed by atoms with E-state index in [4.69, 9.17) is 22.9 Å². The number of nitrogens with two attached hydrogens (primary N) is 4. The average Bonchev–Trinajstić information content (AvgIpc) is 3.98.